The summed E-state index contributed by atoms with van der Waals surface area (Å²) in [4.78, 5) is 12.3. The van der Waals surface area contributed by atoms with E-state index in [2.05, 4.69) is 5.32 Å². The molecule has 0 fully saturated rings. The summed E-state index contributed by atoms with van der Waals surface area (Å²) < 4.78 is 10.7. The van der Waals surface area contributed by atoms with E-state index in [1.165, 1.54) is 0 Å². The minimum Gasteiger partial charge on any atom is -0.497 e. The van der Waals surface area contributed by atoms with Gasteiger partial charge in [0.05, 0.1) is 26.1 Å². The molecule has 26 heavy (non-hydrogen) atoms. The molecule has 3 N–H and O–H groups in total. The Bertz CT molecular complexity index is 750. The van der Waals surface area contributed by atoms with E-state index in [9.17, 15) is 14.8 Å². The number of amides is 1. The van der Waals surface area contributed by atoms with Crippen LogP contribution in [0.3, 0.4) is 0 Å². The molecule has 1 aliphatic rings. The highest BCUT2D eigenvalue weighted by atomic mass is 16.5. The molecule has 7 heteroatoms. The number of fused-ring (bicyclic) bond motifs is 1. The topological polar surface area (TPSA) is 88.0 Å². The first-order chi connectivity index (χ1) is 12.6. The van der Waals surface area contributed by atoms with Crippen LogP contribution in [0.5, 0.6) is 11.5 Å². The van der Waals surface area contributed by atoms with Crippen LogP contribution in [0.25, 0.3) is 0 Å². The maximum atomic E-state index is 12.3. The monoisotopic (exact) mass is 355 g/mol. The summed E-state index contributed by atoms with van der Waals surface area (Å²) in [5, 5.41) is 22.1. The number of benzene rings is 2. The van der Waals surface area contributed by atoms with Crippen LogP contribution in [-0.4, -0.2) is 42.7 Å². The molecule has 2 aromatic rings. The Morgan fingerprint density at radius 3 is 2.69 bits per heavy atom. The number of carbonyl (C=O) groups is 1. The van der Waals surface area contributed by atoms with Gasteiger partial charge in [-0.3, -0.25) is 4.79 Å². The van der Waals surface area contributed by atoms with E-state index in [0.29, 0.717) is 13.0 Å². The lowest BCUT2D eigenvalue weighted by Gasteiger charge is -2.21. The Balaban J connectivity index is 1.60. The molecule has 0 aromatic heterocycles. The predicted molar refractivity (Wildman–Crippen MR) is 98.1 cm³/mol. The third-order valence-corrected chi connectivity index (χ3v) is 4.57. The van der Waals surface area contributed by atoms with E-state index in [4.69, 9.17) is 9.47 Å². The normalized spacial score (nSPS) is 16.3. The second-order valence-corrected chi connectivity index (χ2v) is 6.39. The SMILES string of the molecule is COc1ccc(CC(=O)N[C@H](C[C@H]2COc3ccccc32)B(O)O)cc1. The largest absolute Gasteiger partial charge is 0.497 e. The molecule has 0 saturated carbocycles. The van der Waals surface area contributed by atoms with Crippen LogP contribution in [0, 0.1) is 0 Å². The Morgan fingerprint density at radius 2 is 2.00 bits per heavy atom. The highest BCUT2D eigenvalue weighted by molar-refractivity contribution is 6.43. The van der Waals surface area contributed by atoms with Gasteiger partial charge in [-0.2, -0.15) is 0 Å². The summed E-state index contributed by atoms with van der Waals surface area (Å²) in [7, 11) is -0.0533. The molecule has 0 saturated heterocycles. The Labute approximate surface area is 152 Å². The third-order valence-electron chi connectivity index (χ3n) is 4.57. The fraction of sp³-hybridized carbons (Fsp3) is 0.316. The third kappa shape index (κ3) is 4.36. The molecule has 0 spiro atoms. The zero-order valence-electron chi connectivity index (χ0n) is 14.6. The number of hydrogen-bond donors (Lipinski definition) is 3. The number of methoxy groups -OCH3 is 1. The molecule has 2 aromatic carbocycles. The van der Waals surface area contributed by atoms with Gasteiger partial charge >= 0.3 is 7.12 Å². The Kier molecular flexibility index (Phi) is 5.80. The van der Waals surface area contributed by atoms with Gasteiger partial charge in [-0.1, -0.05) is 30.3 Å². The van der Waals surface area contributed by atoms with Gasteiger partial charge in [0.25, 0.3) is 0 Å². The number of para-hydroxylation sites is 1. The summed E-state index contributed by atoms with van der Waals surface area (Å²) in [5.74, 6) is 0.520. The summed E-state index contributed by atoms with van der Waals surface area (Å²) in [6.07, 6.45) is 0.550. The van der Waals surface area contributed by atoms with Crippen molar-refractivity contribution < 1.29 is 24.3 Å². The van der Waals surface area contributed by atoms with Crippen LogP contribution in [0.15, 0.2) is 48.5 Å². The molecule has 1 aliphatic heterocycles. The zero-order valence-corrected chi connectivity index (χ0v) is 14.6. The standard InChI is InChI=1S/C19H22BNO5/c1-25-15-8-6-13(7-9-15)10-19(22)21-18(20(23)24)11-14-12-26-17-5-3-2-4-16(14)17/h2-9,14,18,23-24H,10-12H2,1H3,(H,21,22)/t14-,18+/m0/s1. The lowest BCUT2D eigenvalue weighted by Crippen LogP contribution is -2.47. The molecule has 136 valence electrons. The molecule has 0 unspecified atom stereocenters. The molecule has 1 amide bonds. The van der Waals surface area contributed by atoms with Crippen molar-refractivity contribution in [1.29, 1.82) is 0 Å². The van der Waals surface area contributed by atoms with Crippen molar-refractivity contribution in [3.05, 3.63) is 59.7 Å². The van der Waals surface area contributed by atoms with E-state index in [1.807, 2.05) is 36.4 Å². The molecule has 0 aliphatic carbocycles. The fourth-order valence-electron chi connectivity index (χ4n) is 3.17. The first-order valence-corrected chi connectivity index (χ1v) is 8.57. The Hall–Kier alpha value is -2.51. The maximum absolute atomic E-state index is 12.3. The second-order valence-electron chi connectivity index (χ2n) is 6.39. The van der Waals surface area contributed by atoms with Crippen molar-refractivity contribution in [3.63, 3.8) is 0 Å². The summed E-state index contributed by atoms with van der Waals surface area (Å²) in [5.41, 5.74) is 1.85. The van der Waals surface area contributed by atoms with E-state index < -0.39 is 13.1 Å². The fourth-order valence-corrected chi connectivity index (χ4v) is 3.17. The number of carbonyl (C=O) groups excluding carboxylic acids is 1. The summed E-state index contributed by atoms with van der Waals surface area (Å²) in [6, 6.07) is 14.9. The lowest BCUT2D eigenvalue weighted by atomic mass is 9.73. The second kappa shape index (κ2) is 8.25. The van der Waals surface area contributed by atoms with Crippen molar-refractivity contribution in [3.8, 4) is 11.5 Å². The lowest BCUT2D eigenvalue weighted by molar-refractivity contribution is -0.120. The first-order valence-electron chi connectivity index (χ1n) is 8.57. The first kappa shape index (κ1) is 18.3. The van der Waals surface area contributed by atoms with Crippen LogP contribution in [-0.2, 0) is 11.2 Å². The van der Waals surface area contributed by atoms with Gasteiger partial charge in [0, 0.05) is 11.5 Å². The molecule has 2 atom stereocenters. The van der Waals surface area contributed by atoms with E-state index >= 15 is 0 Å². The molecular formula is C19H22BNO5. The van der Waals surface area contributed by atoms with Gasteiger partial charge in [0.1, 0.15) is 11.5 Å². The average Bonchev–Trinajstić information content (AvgIpc) is 3.05. The van der Waals surface area contributed by atoms with Crippen LogP contribution in [0.2, 0.25) is 0 Å². The average molecular weight is 355 g/mol. The van der Waals surface area contributed by atoms with Crippen molar-refractivity contribution in [2.24, 2.45) is 0 Å². The van der Waals surface area contributed by atoms with Gasteiger partial charge in [0.2, 0.25) is 5.91 Å². The highest BCUT2D eigenvalue weighted by Gasteiger charge is 2.32. The molecule has 1 heterocycles. The van der Waals surface area contributed by atoms with E-state index in [0.717, 1.165) is 22.6 Å². The minimum absolute atomic E-state index is 0.0132. The number of ether oxygens (including phenoxy) is 2. The van der Waals surface area contributed by atoms with Crippen molar-refractivity contribution >= 4 is 13.0 Å². The summed E-state index contributed by atoms with van der Waals surface area (Å²) in [6.45, 7) is 0.469. The van der Waals surface area contributed by atoms with E-state index in [1.54, 1.807) is 19.2 Å². The predicted octanol–water partition coefficient (Wildman–Crippen LogP) is 1.30. The van der Waals surface area contributed by atoms with Crippen molar-refractivity contribution in [1.82, 2.24) is 5.32 Å². The van der Waals surface area contributed by atoms with Gasteiger partial charge < -0.3 is 24.8 Å². The van der Waals surface area contributed by atoms with Gasteiger partial charge in [-0.25, -0.2) is 0 Å². The number of rotatable bonds is 7. The minimum atomic E-state index is -1.64. The van der Waals surface area contributed by atoms with Gasteiger partial charge in [0.15, 0.2) is 0 Å². The Morgan fingerprint density at radius 1 is 1.27 bits per heavy atom. The smallest absolute Gasteiger partial charge is 0.475 e. The quantitative estimate of drug-likeness (QED) is 0.652. The van der Waals surface area contributed by atoms with Gasteiger partial charge in [-0.05, 0) is 30.2 Å². The summed E-state index contributed by atoms with van der Waals surface area (Å²) >= 11 is 0. The van der Waals surface area contributed by atoms with Crippen molar-refractivity contribution in [2.45, 2.75) is 24.7 Å². The zero-order chi connectivity index (χ0) is 18.5. The van der Waals surface area contributed by atoms with Crippen LogP contribution < -0.4 is 14.8 Å². The van der Waals surface area contributed by atoms with Crippen LogP contribution >= 0.6 is 0 Å². The number of hydrogen-bond acceptors (Lipinski definition) is 5. The number of nitrogens with one attached hydrogen (secondary N) is 1. The van der Waals surface area contributed by atoms with Crippen LogP contribution in [0.1, 0.15) is 23.5 Å². The van der Waals surface area contributed by atoms with Crippen LogP contribution in [0.4, 0.5) is 0 Å². The van der Waals surface area contributed by atoms with Gasteiger partial charge in [-0.15, -0.1) is 0 Å². The molecular weight excluding hydrogens is 333 g/mol. The molecule has 3 rings (SSSR count). The highest BCUT2D eigenvalue weighted by Crippen LogP contribution is 2.36. The van der Waals surface area contributed by atoms with E-state index in [-0.39, 0.29) is 18.2 Å². The van der Waals surface area contributed by atoms with Crippen molar-refractivity contribution in [2.75, 3.05) is 13.7 Å². The molecule has 0 bridgehead atoms. The molecule has 6 nitrogen and oxygen atoms in total. The maximum Gasteiger partial charge on any atom is 0.475 e. The molecule has 0 radical (unpaired) electrons.